The largest absolute Gasteiger partial charge is 0.497 e. The lowest BCUT2D eigenvalue weighted by Gasteiger charge is -2.35. The van der Waals surface area contributed by atoms with Crippen LogP contribution in [0.4, 0.5) is 5.69 Å². The maximum atomic E-state index is 12.5. The number of hydrogen-bond acceptors (Lipinski definition) is 4. The Morgan fingerprint density at radius 2 is 1.79 bits per heavy atom. The van der Waals surface area contributed by atoms with Crippen molar-refractivity contribution in [1.82, 2.24) is 4.90 Å². The highest BCUT2D eigenvalue weighted by molar-refractivity contribution is 7.10. The molecule has 3 aromatic rings. The molecule has 6 heteroatoms. The number of amides is 2. The van der Waals surface area contributed by atoms with Gasteiger partial charge >= 0.3 is 0 Å². The molecule has 5 nitrogen and oxygen atoms in total. The number of anilines is 1. The fraction of sp³-hybridized carbons (Fsp3) is 0.217. The second-order valence-electron chi connectivity index (χ2n) is 6.97. The predicted molar refractivity (Wildman–Crippen MR) is 115 cm³/mol. The molecule has 0 saturated carbocycles. The summed E-state index contributed by atoms with van der Waals surface area (Å²) in [5.41, 5.74) is 3.52. The summed E-state index contributed by atoms with van der Waals surface area (Å²) in [7, 11) is 1.59. The van der Waals surface area contributed by atoms with Crippen molar-refractivity contribution < 1.29 is 14.3 Å². The van der Waals surface area contributed by atoms with Gasteiger partial charge in [-0.3, -0.25) is 9.59 Å². The molecule has 0 fully saturated rings. The lowest BCUT2D eigenvalue weighted by atomic mass is 9.93. The quantitative estimate of drug-likeness (QED) is 0.694. The van der Waals surface area contributed by atoms with Crippen LogP contribution in [0.25, 0.3) is 0 Å². The Morgan fingerprint density at radius 1 is 1.07 bits per heavy atom. The zero-order valence-electron chi connectivity index (χ0n) is 16.3. The SMILES string of the molecule is COc1ccc(C(=O)Nc2ccc(C3c4ccsc4CCN3C(C)=O)cc2)cc1. The van der Waals surface area contributed by atoms with E-state index < -0.39 is 0 Å². The molecule has 1 aliphatic heterocycles. The van der Waals surface area contributed by atoms with E-state index in [4.69, 9.17) is 4.74 Å². The maximum Gasteiger partial charge on any atom is 0.255 e. The minimum Gasteiger partial charge on any atom is -0.497 e. The Morgan fingerprint density at radius 3 is 2.45 bits per heavy atom. The second-order valence-corrected chi connectivity index (χ2v) is 7.97. The predicted octanol–water partition coefficient (Wildman–Crippen LogP) is 4.50. The summed E-state index contributed by atoms with van der Waals surface area (Å²) in [6.45, 7) is 2.34. The lowest BCUT2D eigenvalue weighted by Crippen LogP contribution is -2.38. The van der Waals surface area contributed by atoms with E-state index in [0.717, 1.165) is 18.5 Å². The van der Waals surface area contributed by atoms with E-state index in [1.165, 1.54) is 10.4 Å². The van der Waals surface area contributed by atoms with Gasteiger partial charge in [0.05, 0.1) is 13.2 Å². The summed E-state index contributed by atoms with van der Waals surface area (Å²) < 4.78 is 5.12. The van der Waals surface area contributed by atoms with E-state index in [1.807, 2.05) is 29.2 Å². The van der Waals surface area contributed by atoms with Crippen LogP contribution < -0.4 is 10.1 Å². The highest BCUT2D eigenvalue weighted by Crippen LogP contribution is 2.38. The fourth-order valence-corrected chi connectivity index (χ4v) is 4.61. The molecule has 29 heavy (non-hydrogen) atoms. The van der Waals surface area contributed by atoms with Crippen LogP contribution in [-0.2, 0) is 11.2 Å². The number of fused-ring (bicyclic) bond motifs is 1. The molecule has 2 aromatic carbocycles. The first-order valence-electron chi connectivity index (χ1n) is 9.45. The average Bonchev–Trinajstić information content (AvgIpc) is 3.22. The summed E-state index contributed by atoms with van der Waals surface area (Å²) in [6.07, 6.45) is 0.902. The standard InChI is InChI=1S/C23H22N2O3S/c1-15(26)25-13-11-21-20(12-14-29-21)22(25)16-3-7-18(8-4-16)24-23(27)17-5-9-19(28-2)10-6-17/h3-10,12,14,22H,11,13H2,1-2H3,(H,24,27). The van der Waals surface area contributed by atoms with Gasteiger partial charge in [0.25, 0.3) is 5.91 Å². The van der Waals surface area contributed by atoms with Crippen molar-refractivity contribution >= 4 is 28.8 Å². The van der Waals surface area contributed by atoms with Crippen molar-refractivity contribution in [3.63, 3.8) is 0 Å². The van der Waals surface area contributed by atoms with Crippen LogP contribution in [-0.4, -0.2) is 30.4 Å². The molecule has 4 rings (SSSR count). The molecular formula is C23H22N2O3S. The van der Waals surface area contributed by atoms with E-state index in [2.05, 4.69) is 16.8 Å². The van der Waals surface area contributed by atoms with E-state index in [0.29, 0.717) is 17.0 Å². The zero-order chi connectivity index (χ0) is 20.4. The van der Waals surface area contributed by atoms with E-state index in [-0.39, 0.29) is 17.9 Å². The summed E-state index contributed by atoms with van der Waals surface area (Å²) in [6, 6.07) is 16.7. The highest BCUT2D eigenvalue weighted by Gasteiger charge is 2.31. The molecule has 1 aromatic heterocycles. The van der Waals surface area contributed by atoms with Crippen LogP contribution in [0.15, 0.2) is 60.0 Å². The first-order valence-corrected chi connectivity index (χ1v) is 10.3. The number of benzene rings is 2. The minimum absolute atomic E-state index is 0.0729. The normalized spacial score (nSPS) is 15.5. The van der Waals surface area contributed by atoms with Crippen molar-refractivity contribution in [3.8, 4) is 5.75 Å². The van der Waals surface area contributed by atoms with Crippen molar-refractivity contribution in [2.75, 3.05) is 19.0 Å². The van der Waals surface area contributed by atoms with Gasteiger partial charge in [-0.2, -0.15) is 0 Å². The third-order valence-corrected chi connectivity index (χ3v) is 6.20. The van der Waals surface area contributed by atoms with E-state index in [9.17, 15) is 9.59 Å². The summed E-state index contributed by atoms with van der Waals surface area (Å²) in [4.78, 5) is 27.9. The van der Waals surface area contributed by atoms with Gasteiger partial charge in [0.15, 0.2) is 0 Å². The van der Waals surface area contributed by atoms with Crippen LogP contribution in [0.2, 0.25) is 0 Å². The van der Waals surface area contributed by atoms with Crippen LogP contribution in [0.5, 0.6) is 5.75 Å². The highest BCUT2D eigenvalue weighted by atomic mass is 32.1. The summed E-state index contributed by atoms with van der Waals surface area (Å²) >= 11 is 1.75. The number of rotatable bonds is 4. The Bertz CT molecular complexity index is 1030. The van der Waals surface area contributed by atoms with Crippen molar-refractivity contribution in [1.29, 1.82) is 0 Å². The molecule has 0 aliphatic carbocycles. The van der Waals surface area contributed by atoms with Crippen LogP contribution in [0.1, 0.15) is 39.3 Å². The lowest BCUT2D eigenvalue weighted by molar-refractivity contribution is -0.130. The number of methoxy groups -OCH3 is 1. The van der Waals surface area contributed by atoms with Crippen LogP contribution >= 0.6 is 11.3 Å². The molecule has 1 unspecified atom stereocenters. The van der Waals surface area contributed by atoms with Crippen molar-refractivity contribution in [2.24, 2.45) is 0 Å². The molecule has 0 radical (unpaired) electrons. The first kappa shape index (κ1) is 19.2. The Balaban J connectivity index is 1.54. The van der Waals surface area contributed by atoms with Crippen molar-refractivity contribution in [3.05, 3.63) is 81.5 Å². The smallest absolute Gasteiger partial charge is 0.255 e. The Hall–Kier alpha value is -3.12. The molecule has 0 bridgehead atoms. The molecule has 1 N–H and O–H groups in total. The summed E-state index contributed by atoms with van der Waals surface area (Å²) in [5.74, 6) is 0.605. The monoisotopic (exact) mass is 406 g/mol. The number of hydrogen-bond donors (Lipinski definition) is 1. The number of carbonyl (C=O) groups is 2. The topological polar surface area (TPSA) is 58.6 Å². The fourth-order valence-electron chi connectivity index (χ4n) is 3.71. The van der Waals surface area contributed by atoms with Gasteiger partial charge in [0.1, 0.15) is 5.75 Å². The second kappa shape index (κ2) is 8.09. The van der Waals surface area contributed by atoms with Gasteiger partial charge in [0, 0.05) is 29.6 Å². The Labute approximate surface area is 173 Å². The zero-order valence-corrected chi connectivity index (χ0v) is 17.2. The number of nitrogens with zero attached hydrogens (tertiary/aromatic N) is 1. The van der Waals surface area contributed by atoms with E-state index in [1.54, 1.807) is 49.6 Å². The third-order valence-electron chi connectivity index (χ3n) is 5.21. The third kappa shape index (κ3) is 3.89. The van der Waals surface area contributed by atoms with Crippen LogP contribution in [0, 0.1) is 0 Å². The molecule has 0 saturated heterocycles. The van der Waals surface area contributed by atoms with Gasteiger partial charge in [-0.15, -0.1) is 11.3 Å². The molecule has 148 valence electrons. The number of ether oxygens (including phenoxy) is 1. The van der Waals surface area contributed by atoms with Gasteiger partial charge in [-0.25, -0.2) is 0 Å². The van der Waals surface area contributed by atoms with Gasteiger partial charge in [-0.1, -0.05) is 12.1 Å². The van der Waals surface area contributed by atoms with Gasteiger partial charge in [0.2, 0.25) is 5.91 Å². The minimum atomic E-state index is -0.177. The molecular weight excluding hydrogens is 384 g/mol. The molecule has 0 spiro atoms. The molecule has 1 aliphatic rings. The number of carbonyl (C=O) groups excluding carboxylic acids is 2. The van der Waals surface area contributed by atoms with E-state index >= 15 is 0 Å². The molecule has 2 amide bonds. The number of nitrogens with one attached hydrogen (secondary N) is 1. The summed E-state index contributed by atoms with van der Waals surface area (Å²) in [5, 5.41) is 5.00. The van der Waals surface area contributed by atoms with Gasteiger partial charge in [-0.05, 0) is 65.4 Å². The average molecular weight is 407 g/mol. The maximum absolute atomic E-state index is 12.5. The number of thiophene rings is 1. The van der Waals surface area contributed by atoms with Gasteiger partial charge < -0.3 is 15.0 Å². The Kier molecular flexibility index (Phi) is 5.36. The molecule has 2 heterocycles. The first-order chi connectivity index (χ1) is 14.1. The molecule has 1 atom stereocenters. The van der Waals surface area contributed by atoms with Crippen molar-refractivity contribution in [2.45, 2.75) is 19.4 Å². The van der Waals surface area contributed by atoms with Crippen LogP contribution in [0.3, 0.4) is 0 Å².